The highest BCUT2D eigenvalue weighted by atomic mass is 19.3. The van der Waals surface area contributed by atoms with Gasteiger partial charge in [-0.3, -0.25) is 14.5 Å². The number of nitrogens with zero attached hydrogens (tertiary/aromatic N) is 1. The highest BCUT2D eigenvalue weighted by Gasteiger charge is 2.61. The molecule has 0 aromatic rings. The number of hydrogen-bond donors (Lipinski definition) is 3. The molecule has 1 fully saturated rings. The first-order valence-corrected chi connectivity index (χ1v) is 5.78. The Balaban J connectivity index is 2.29. The van der Waals surface area contributed by atoms with Gasteiger partial charge in [-0.15, -0.1) is 0 Å². The maximum absolute atomic E-state index is 13.0. The molecule has 2 aliphatic rings. The Morgan fingerprint density at radius 2 is 2.10 bits per heavy atom. The lowest BCUT2D eigenvalue weighted by Gasteiger charge is -2.31. The quantitative estimate of drug-likeness (QED) is 0.540. The van der Waals surface area contributed by atoms with E-state index in [1.807, 2.05) is 0 Å². The van der Waals surface area contributed by atoms with E-state index in [9.17, 15) is 28.6 Å². The van der Waals surface area contributed by atoms with Crippen LogP contribution in [0, 0.1) is 0 Å². The topological polar surface area (TPSA) is 107 Å². The average Bonchev–Trinajstić information content (AvgIpc) is 2.64. The summed E-state index contributed by atoms with van der Waals surface area (Å²) in [5, 5.41) is 28.5. The van der Waals surface area contributed by atoms with E-state index in [0.717, 1.165) is 17.2 Å². The molecule has 0 unspecified atom stereocenters. The zero-order valence-electron chi connectivity index (χ0n) is 10.1. The van der Waals surface area contributed by atoms with Crippen molar-refractivity contribution in [1.29, 1.82) is 0 Å². The minimum absolute atomic E-state index is 0.471. The monoisotopic (exact) mass is 293 g/mol. The number of rotatable bonds is 3. The molecule has 0 bridgehead atoms. The predicted octanol–water partition coefficient (Wildman–Crippen LogP) is -1.62. The van der Waals surface area contributed by atoms with Gasteiger partial charge in [0, 0.05) is 6.20 Å². The standard InChI is InChI=1S/C11H13F2NO6/c12-10(13)11(4-15)8(19)7(18)9(20-11)14-2-1-5(16)3-6(14)17/h1-2,7-10,15,18-19H,3-4H2/t7-,8-,9-,11-/m1/s1. The van der Waals surface area contributed by atoms with Crippen LogP contribution < -0.4 is 0 Å². The third-order valence-corrected chi connectivity index (χ3v) is 3.38. The van der Waals surface area contributed by atoms with Crippen molar-refractivity contribution in [3.8, 4) is 0 Å². The van der Waals surface area contributed by atoms with E-state index in [1.165, 1.54) is 0 Å². The first-order valence-electron chi connectivity index (χ1n) is 5.78. The molecule has 3 N–H and O–H groups in total. The Labute approximate surface area is 112 Å². The number of ketones is 1. The zero-order valence-corrected chi connectivity index (χ0v) is 10.1. The molecule has 0 saturated carbocycles. The number of hydrogen-bond acceptors (Lipinski definition) is 6. The number of aliphatic hydroxyl groups excluding tert-OH is 3. The van der Waals surface area contributed by atoms with Gasteiger partial charge >= 0.3 is 0 Å². The molecule has 2 rings (SSSR count). The third-order valence-electron chi connectivity index (χ3n) is 3.38. The second-order valence-electron chi connectivity index (χ2n) is 4.62. The molecule has 9 heteroatoms. The van der Waals surface area contributed by atoms with E-state index in [4.69, 9.17) is 9.84 Å². The van der Waals surface area contributed by atoms with Gasteiger partial charge in [0.2, 0.25) is 5.91 Å². The molecule has 1 amide bonds. The van der Waals surface area contributed by atoms with Crippen molar-refractivity contribution in [1.82, 2.24) is 4.90 Å². The molecule has 1 saturated heterocycles. The summed E-state index contributed by atoms with van der Waals surface area (Å²) >= 11 is 0. The number of halogens is 2. The van der Waals surface area contributed by atoms with Gasteiger partial charge in [0.05, 0.1) is 13.0 Å². The summed E-state index contributed by atoms with van der Waals surface area (Å²) in [5.74, 6) is -1.22. The number of carbonyl (C=O) groups is 2. The smallest absolute Gasteiger partial charge is 0.272 e. The molecule has 0 aliphatic carbocycles. The van der Waals surface area contributed by atoms with Gasteiger partial charge in [0.1, 0.15) is 12.2 Å². The zero-order chi connectivity index (χ0) is 15.1. The lowest BCUT2D eigenvalue weighted by atomic mass is 9.96. The Bertz CT molecular complexity index is 456. The minimum Gasteiger partial charge on any atom is -0.393 e. The van der Waals surface area contributed by atoms with E-state index in [2.05, 4.69) is 0 Å². The Morgan fingerprint density at radius 3 is 2.55 bits per heavy atom. The number of carbonyl (C=O) groups excluding carboxylic acids is 2. The fourth-order valence-corrected chi connectivity index (χ4v) is 2.18. The maximum Gasteiger partial charge on any atom is 0.272 e. The van der Waals surface area contributed by atoms with Crippen LogP contribution >= 0.6 is 0 Å². The van der Waals surface area contributed by atoms with E-state index < -0.39 is 55.2 Å². The first-order chi connectivity index (χ1) is 9.33. The number of allylic oxidation sites excluding steroid dienone is 1. The number of amides is 1. The summed E-state index contributed by atoms with van der Waals surface area (Å²) in [6.07, 6.45) is -7.23. The highest BCUT2D eigenvalue weighted by molar-refractivity contribution is 6.06. The van der Waals surface area contributed by atoms with Crippen LogP contribution in [-0.2, 0) is 14.3 Å². The lowest BCUT2D eigenvalue weighted by molar-refractivity contribution is -0.202. The highest BCUT2D eigenvalue weighted by Crippen LogP contribution is 2.38. The van der Waals surface area contributed by atoms with Crippen LogP contribution in [0.3, 0.4) is 0 Å². The van der Waals surface area contributed by atoms with Crippen LogP contribution in [0.4, 0.5) is 8.78 Å². The summed E-state index contributed by atoms with van der Waals surface area (Å²) in [7, 11) is 0. The van der Waals surface area contributed by atoms with E-state index >= 15 is 0 Å². The van der Waals surface area contributed by atoms with Crippen molar-refractivity contribution >= 4 is 11.7 Å². The molecule has 0 aromatic carbocycles. The van der Waals surface area contributed by atoms with Crippen LogP contribution in [0.25, 0.3) is 0 Å². The van der Waals surface area contributed by atoms with E-state index in [0.29, 0.717) is 0 Å². The molecule has 2 heterocycles. The van der Waals surface area contributed by atoms with E-state index in [-0.39, 0.29) is 0 Å². The van der Waals surface area contributed by atoms with Crippen molar-refractivity contribution in [2.24, 2.45) is 0 Å². The molecular weight excluding hydrogens is 280 g/mol. The Hall–Kier alpha value is -1.42. The molecule has 0 aromatic heterocycles. The second-order valence-corrected chi connectivity index (χ2v) is 4.62. The van der Waals surface area contributed by atoms with Gasteiger partial charge in [-0.2, -0.15) is 0 Å². The fraction of sp³-hybridized carbons (Fsp3) is 0.636. The molecule has 2 aliphatic heterocycles. The minimum atomic E-state index is -3.27. The second kappa shape index (κ2) is 5.17. The van der Waals surface area contributed by atoms with Gasteiger partial charge in [0.25, 0.3) is 6.43 Å². The van der Waals surface area contributed by atoms with E-state index in [1.54, 1.807) is 0 Å². The number of ether oxygens (including phenoxy) is 1. The maximum atomic E-state index is 13.0. The predicted molar refractivity (Wildman–Crippen MR) is 58.3 cm³/mol. The van der Waals surface area contributed by atoms with Crippen molar-refractivity contribution in [3.05, 3.63) is 12.3 Å². The van der Waals surface area contributed by atoms with Gasteiger partial charge in [-0.1, -0.05) is 0 Å². The van der Waals surface area contributed by atoms with Crippen LogP contribution in [0.15, 0.2) is 12.3 Å². The Kier molecular flexibility index (Phi) is 3.87. The van der Waals surface area contributed by atoms with Gasteiger partial charge in [-0.25, -0.2) is 8.78 Å². The van der Waals surface area contributed by atoms with Gasteiger partial charge < -0.3 is 20.1 Å². The van der Waals surface area contributed by atoms with Crippen molar-refractivity contribution < 1.29 is 38.4 Å². The summed E-state index contributed by atoms with van der Waals surface area (Å²) in [5.41, 5.74) is -2.67. The molecule has 7 nitrogen and oxygen atoms in total. The number of alkyl halides is 2. The molecule has 4 atom stereocenters. The average molecular weight is 293 g/mol. The summed E-state index contributed by atoms with van der Waals surface area (Å²) in [6.45, 7) is -1.23. The van der Waals surface area contributed by atoms with Crippen LogP contribution in [-0.4, -0.2) is 69.0 Å². The molecule has 112 valence electrons. The molecule has 0 radical (unpaired) electrons. The Morgan fingerprint density at radius 1 is 1.45 bits per heavy atom. The first kappa shape index (κ1) is 15.0. The molecular formula is C11H13F2NO6. The molecule has 20 heavy (non-hydrogen) atoms. The fourth-order valence-electron chi connectivity index (χ4n) is 2.18. The van der Waals surface area contributed by atoms with Gasteiger partial charge in [-0.05, 0) is 6.08 Å². The van der Waals surface area contributed by atoms with Crippen molar-refractivity contribution in [2.45, 2.75) is 36.9 Å². The SMILES string of the molecule is O=C1C=CN([C@@H]2O[C@@](CO)(C(F)F)[C@H](O)[C@H]2O)C(=O)C1. The van der Waals surface area contributed by atoms with Gasteiger partial charge in [0.15, 0.2) is 17.6 Å². The van der Waals surface area contributed by atoms with Crippen LogP contribution in [0.2, 0.25) is 0 Å². The van der Waals surface area contributed by atoms with Crippen LogP contribution in [0.5, 0.6) is 0 Å². The summed E-state index contributed by atoms with van der Waals surface area (Å²) in [4.78, 5) is 23.4. The third kappa shape index (κ3) is 2.12. The van der Waals surface area contributed by atoms with Crippen molar-refractivity contribution in [2.75, 3.05) is 6.61 Å². The van der Waals surface area contributed by atoms with Crippen molar-refractivity contribution in [3.63, 3.8) is 0 Å². The largest absolute Gasteiger partial charge is 0.393 e. The lowest BCUT2D eigenvalue weighted by Crippen LogP contribution is -2.52. The summed E-state index contributed by atoms with van der Waals surface area (Å²) in [6, 6.07) is 0. The van der Waals surface area contributed by atoms with Crippen LogP contribution in [0.1, 0.15) is 6.42 Å². The normalized spacial score (nSPS) is 38.1. The molecule has 0 spiro atoms. The summed E-state index contributed by atoms with van der Waals surface area (Å²) < 4.78 is 30.8. The number of aliphatic hydroxyl groups is 3.